The molecular formula is C65H87N5O2S4. The van der Waals surface area contributed by atoms with E-state index in [-0.39, 0.29) is 22.4 Å². The normalized spacial score (nSPS) is 14.6. The van der Waals surface area contributed by atoms with Gasteiger partial charge < -0.3 is 19.3 Å². The Morgan fingerprint density at radius 2 is 1.16 bits per heavy atom. The maximum absolute atomic E-state index is 10.3. The predicted molar refractivity (Wildman–Crippen MR) is 331 cm³/mol. The number of hydrogen-bond acceptors (Lipinski definition) is 11. The van der Waals surface area contributed by atoms with E-state index in [0.717, 1.165) is 34.7 Å². The van der Waals surface area contributed by atoms with E-state index in [0.29, 0.717) is 5.57 Å². The first-order valence-electron chi connectivity index (χ1n) is 29.3. The lowest BCUT2D eigenvalue weighted by Crippen LogP contribution is -2.46. The van der Waals surface area contributed by atoms with E-state index >= 15 is 0 Å². The van der Waals surface area contributed by atoms with Crippen LogP contribution in [0.25, 0.3) is 45.1 Å². The smallest absolute Gasteiger partial charge is 0.172 e. The highest BCUT2D eigenvalue weighted by Crippen LogP contribution is 2.63. The van der Waals surface area contributed by atoms with Gasteiger partial charge in [-0.3, -0.25) is 0 Å². The highest BCUT2D eigenvalue weighted by molar-refractivity contribution is 7.35. The van der Waals surface area contributed by atoms with Crippen molar-refractivity contribution in [3.8, 4) is 44.2 Å². The Labute approximate surface area is 473 Å². The second-order valence-electron chi connectivity index (χ2n) is 22.4. The van der Waals surface area contributed by atoms with Crippen molar-refractivity contribution in [3.63, 3.8) is 0 Å². The molecule has 408 valence electrons. The summed E-state index contributed by atoms with van der Waals surface area (Å²) in [6.07, 6.45) is 41.4. The van der Waals surface area contributed by atoms with Gasteiger partial charge in [0.15, 0.2) is 11.3 Å². The molecule has 4 aromatic heterocycles. The topological polar surface area (TPSA) is 96.3 Å². The predicted octanol–water partition coefficient (Wildman–Crippen LogP) is 21.2. The fourth-order valence-corrected chi connectivity index (χ4v) is 17.4. The van der Waals surface area contributed by atoms with Crippen LogP contribution < -0.4 is 14.5 Å². The average molecular weight is 1100 g/mol. The van der Waals surface area contributed by atoms with Crippen LogP contribution in [0.4, 0.5) is 11.4 Å². The highest BCUT2D eigenvalue weighted by atomic mass is 32.1. The number of rotatable bonds is 33. The lowest BCUT2D eigenvalue weighted by atomic mass is 9.76. The second-order valence-corrected chi connectivity index (χ2v) is 26.6. The van der Waals surface area contributed by atoms with Gasteiger partial charge in [-0.25, -0.2) is 0 Å². The van der Waals surface area contributed by atoms with Crippen LogP contribution in [0.1, 0.15) is 218 Å². The molecule has 7 nitrogen and oxygen atoms in total. The van der Waals surface area contributed by atoms with E-state index in [1.54, 1.807) is 12.7 Å². The number of thiophene rings is 4. The minimum absolute atomic E-state index is 0.0727. The molecule has 2 aliphatic rings. The first-order chi connectivity index (χ1) is 37.0. The van der Waals surface area contributed by atoms with Crippen LogP contribution in [-0.4, -0.2) is 33.9 Å². The largest absolute Gasteiger partial charge is 0.496 e. The van der Waals surface area contributed by atoms with Crippen molar-refractivity contribution in [3.05, 3.63) is 69.3 Å². The molecular weight excluding hydrogens is 1010 g/mol. The molecule has 7 rings (SSSR count). The van der Waals surface area contributed by atoms with Crippen molar-refractivity contribution >= 4 is 81.6 Å². The minimum Gasteiger partial charge on any atom is -0.496 e. The number of methoxy groups -OCH3 is 1. The lowest BCUT2D eigenvalue weighted by Gasteiger charge is -2.47. The molecule has 1 aromatic carbocycles. The molecule has 0 amide bonds. The summed E-state index contributed by atoms with van der Waals surface area (Å²) in [6, 6.07) is 17.5. The molecule has 0 bridgehead atoms. The number of allylic oxidation sites excluding steroid dienone is 2. The molecule has 0 atom stereocenters. The van der Waals surface area contributed by atoms with Crippen molar-refractivity contribution in [1.29, 1.82) is 15.8 Å². The SMILES string of the molecule is CCCCCCCCCCCCCCCC1(CCCCCCCCCCCCCCC)c2c(sc3cc(-c4ccc(N(C)C)cc4OC)sc23)-c2sc3cc(/C=C/C4=C(C#N)C(=C(C#N)C#N)OC4(C)C)sc3c2N1C. The molecule has 0 saturated heterocycles. The summed E-state index contributed by atoms with van der Waals surface area (Å²) in [7, 11) is 8.39. The number of fused-ring (bicyclic) bond motifs is 7. The number of nitriles is 3. The van der Waals surface area contributed by atoms with Gasteiger partial charge in [-0.1, -0.05) is 187 Å². The fourth-order valence-electron chi connectivity index (χ4n) is 11.8. The first kappa shape index (κ1) is 59.1. The number of anilines is 2. The third-order valence-corrected chi connectivity index (χ3v) is 21.2. The summed E-state index contributed by atoms with van der Waals surface area (Å²) in [5.74, 6) is 0.987. The number of nitrogens with zero attached hydrogens (tertiary/aromatic N) is 5. The van der Waals surface area contributed by atoms with Crippen LogP contribution in [0.3, 0.4) is 0 Å². The van der Waals surface area contributed by atoms with Crippen molar-refractivity contribution in [1.82, 2.24) is 0 Å². The molecule has 5 aromatic rings. The van der Waals surface area contributed by atoms with Crippen molar-refractivity contribution in [2.24, 2.45) is 0 Å². The minimum atomic E-state index is -0.867. The molecule has 0 radical (unpaired) electrons. The molecule has 11 heteroatoms. The van der Waals surface area contributed by atoms with Crippen LogP contribution in [0.2, 0.25) is 0 Å². The van der Waals surface area contributed by atoms with E-state index in [9.17, 15) is 15.8 Å². The second kappa shape index (κ2) is 28.9. The zero-order chi connectivity index (χ0) is 54.1. The summed E-state index contributed by atoms with van der Waals surface area (Å²) < 4.78 is 17.6. The van der Waals surface area contributed by atoms with Crippen LogP contribution in [0.15, 0.2) is 58.9 Å². The zero-order valence-corrected chi connectivity index (χ0v) is 50.8. The maximum atomic E-state index is 10.3. The van der Waals surface area contributed by atoms with Crippen LogP contribution in [0, 0.1) is 34.0 Å². The molecule has 0 saturated carbocycles. The van der Waals surface area contributed by atoms with Crippen molar-refractivity contribution in [2.45, 2.75) is 219 Å². The van der Waals surface area contributed by atoms with Gasteiger partial charge in [0.1, 0.15) is 35.1 Å². The number of ether oxygens (including phenoxy) is 2. The third-order valence-electron chi connectivity index (χ3n) is 16.2. The summed E-state index contributed by atoms with van der Waals surface area (Å²) in [5, 5.41) is 29.6. The molecule has 0 aliphatic carbocycles. The Balaban J connectivity index is 1.21. The van der Waals surface area contributed by atoms with Crippen LogP contribution in [0.5, 0.6) is 5.75 Å². The number of hydrogen-bond donors (Lipinski definition) is 0. The Bertz CT molecular complexity index is 2870. The van der Waals surface area contributed by atoms with Gasteiger partial charge in [0.05, 0.1) is 37.5 Å². The molecule has 0 N–H and O–H groups in total. The van der Waals surface area contributed by atoms with Gasteiger partial charge in [-0.15, -0.1) is 45.3 Å². The molecule has 6 heterocycles. The average Bonchev–Trinajstić information content (AvgIpc) is 4.32. The van der Waals surface area contributed by atoms with Gasteiger partial charge in [-0.2, -0.15) is 15.8 Å². The Morgan fingerprint density at radius 3 is 1.66 bits per heavy atom. The Kier molecular flexibility index (Phi) is 22.5. The maximum Gasteiger partial charge on any atom is 0.172 e. The van der Waals surface area contributed by atoms with E-state index in [1.807, 2.05) is 77.4 Å². The zero-order valence-electron chi connectivity index (χ0n) is 47.5. The molecule has 2 aliphatic heterocycles. The summed E-state index contributed by atoms with van der Waals surface area (Å²) >= 11 is 7.72. The Morgan fingerprint density at radius 1 is 0.645 bits per heavy atom. The highest BCUT2D eigenvalue weighted by Gasteiger charge is 2.47. The van der Waals surface area contributed by atoms with Crippen molar-refractivity contribution in [2.75, 3.05) is 38.1 Å². The summed E-state index contributed by atoms with van der Waals surface area (Å²) in [5.41, 5.74) is 4.94. The van der Waals surface area contributed by atoms with Gasteiger partial charge in [0.25, 0.3) is 0 Å². The van der Waals surface area contributed by atoms with Gasteiger partial charge >= 0.3 is 0 Å². The molecule has 0 unspecified atom stereocenters. The molecule has 76 heavy (non-hydrogen) atoms. The van der Waals surface area contributed by atoms with Crippen molar-refractivity contribution < 1.29 is 9.47 Å². The van der Waals surface area contributed by atoms with Gasteiger partial charge in [-0.05, 0) is 57.0 Å². The van der Waals surface area contributed by atoms with Gasteiger partial charge in [0.2, 0.25) is 0 Å². The quantitative estimate of drug-likeness (QED) is 0.0305. The monoisotopic (exact) mass is 1100 g/mol. The van der Waals surface area contributed by atoms with E-state index in [1.165, 1.54) is 206 Å². The summed E-state index contributed by atoms with van der Waals surface area (Å²) in [6.45, 7) is 8.38. The third kappa shape index (κ3) is 14.0. The van der Waals surface area contributed by atoms with E-state index in [2.05, 4.69) is 87.3 Å². The van der Waals surface area contributed by atoms with Gasteiger partial charge in [0, 0.05) is 68.8 Å². The molecule has 0 fully saturated rings. The Hall–Kier alpha value is -4.57. The van der Waals surface area contributed by atoms with Crippen LogP contribution >= 0.6 is 45.3 Å². The number of benzene rings is 1. The van der Waals surface area contributed by atoms with E-state index < -0.39 is 5.60 Å². The fraction of sp³-hybridized carbons (Fsp3) is 0.585. The summed E-state index contributed by atoms with van der Waals surface area (Å²) in [4.78, 5) is 10.1. The van der Waals surface area contributed by atoms with Crippen LogP contribution in [-0.2, 0) is 10.3 Å². The standard InChI is InChI=1S/C65H87N5O2S4/c1-9-11-13-15-17-19-21-23-25-27-29-31-33-39-65(40-34-32-30-28-26-24-22-20-18-16-14-12-10-2)57-60-56(43-54(74-60)50-37-35-48(69(5)6)41-53(50)71-8)75-62(57)63-58(70(65)7)61-55(76-63)42-49(73-61)36-38-52-51(46-68)59(47(44-66)45-67)72-64(52,3)4/h35-38,41-43H,9-34,39-40H2,1-8H3/b38-36+. The number of unbranched alkanes of at least 4 members (excludes halogenated alkanes) is 24. The molecule has 0 spiro atoms. The van der Waals surface area contributed by atoms with E-state index in [4.69, 9.17) is 9.47 Å². The first-order valence-corrected chi connectivity index (χ1v) is 32.5. The lowest BCUT2D eigenvalue weighted by molar-refractivity contribution is 0.0954.